The maximum Gasteiger partial charge on any atom is 0.257 e. The van der Waals surface area contributed by atoms with Gasteiger partial charge in [-0.3, -0.25) is 4.90 Å². The molecule has 2 aromatic carbocycles. The van der Waals surface area contributed by atoms with Crippen molar-refractivity contribution >= 4 is 22.2 Å². The summed E-state index contributed by atoms with van der Waals surface area (Å²) in [4.78, 5) is 10.9. The van der Waals surface area contributed by atoms with Gasteiger partial charge in [0.25, 0.3) is 5.88 Å². The van der Waals surface area contributed by atoms with E-state index >= 15 is 0 Å². The standard InChI is InChI=1S/C23H26N4O/c1-28-23-22(25-13-14-26-23)24-12-5-15-27-16-10-19(11-17-27)21-9-4-7-18-6-2-3-8-20(18)21/h2-4,6-10,13-14H,5,11-12,15-17H2,1H3,(H,24,25). The molecular formula is C23H26N4O. The van der Waals surface area contributed by atoms with Gasteiger partial charge in [0.05, 0.1) is 7.11 Å². The average molecular weight is 374 g/mol. The summed E-state index contributed by atoms with van der Waals surface area (Å²) in [5.74, 6) is 1.25. The van der Waals surface area contributed by atoms with Crippen molar-refractivity contribution in [3.8, 4) is 5.88 Å². The molecule has 1 aliphatic heterocycles. The van der Waals surface area contributed by atoms with E-state index in [0.717, 1.165) is 39.0 Å². The molecule has 144 valence electrons. The number of benzene rings is 2. The monoisotopic (exact) mass is 374 g/mol. The Morgan fingerprint density at radius 2 is 1.93 bits per heavy atom. The lowest BCUT2D eigenvalue weighted by Crippen LogP contribution is -2.30. The van der Waals surface area contributed by atoms with Crippen LogP contribution in [0.5, 0.6) is 5.88 Å². The van der Waals surface area contributed by atoms with Gasteiger partial charge in [0.1, 0.15) is 0 Å². The van der Waals surface area contributed by atoms with Crippen LogP contribution in [0.25, 0.3) is 16.3 Å². The molecule has 0 saturated carbocycles. The molecule has 0 bridgehead atoms. The van der Waals surface area contributed by atoms with E-state index in [2.05, 4.69) is 68.7 Å². The van der Waals surface area contributed by atoms with E-state index in [4.69, 9.17) is 4.74 Å². The third-order valence-corrected chi connectivity index (χ3v) is 5.23. The van der Waals surface area contributed by atoms with Crippen LogP contribution >= 0.6 is 0 Å². The minimum Gasteiger partial charge on any atom is -0.478 e. The Balaban J connectivity index is 1.31. The van der Waals surface area contributed by atoms with Crippen molar-refractivity contribution in [2.24, 2.45) is 0 Å². The third kappa shape index (κ3) is 4.15. The largest absolute Gasteiger partial charge is 0.478 e. The van der Waals surface area contributed by atoms with E-state index in [1.807, 2.05) is 0 Å². The lowest BCUT2D eigenvalue weighted by atomic mass is 9.94. The molecule has 1 N–H and O–H groups in total. The maximum absolute atomic E-state index is 5.22. The number of anilines is 1. The lowest BCUT2D eigenvalue weighted by Gasteiger charge is -2.27. The number of fused-ring (bicyclic) bond motifs is 1. The van der Waals surface area contributed by atoms with E-state index in [1.165, 1.54) is 21.9 Å². The molecular weight excluding hydrogens is 348 g/mol. The van der Waals surface area contributed by atoms with Crippen molar-refractivity contribution < 1.29 is 4.74 Å². The second kappa shape index (κ2) is 8.85. The van der Waals surface area contributed by atoms with Crippen molar-refractivity contribution in [3.05, 3.63) is 66.5 Å². The van der Waals surface area contributed by atoms with Gasteiger partial charge >= 0.3 is 0 Å². The average Bonchev–Trinajstić information content (AvgIpc) is 2.77. The Morgan fingerprint density at radius 1 is 1.07 bits per heavy atom. The van der Waals surface area contributed by atoms with E-state index < -0.39 is 0 Å². The fourth-order valence-corrected chi connectivity index (χ4v) is 3.77. The molecule has 4 rings (SSSR count). The van der Waals surface area contributed by atoms with Crippen LogP contribution in [0.2, 0.25) is 0 Å². The molecule has 0 amide bonds. The van der Waals surface area contributed by atoms with Gasteiger partial charge in [0.2, 0.25) is 0 Å². The number of aromatic nitrogens is 2. The van der Waals surface area contributed by atoms with E-state index in [9.17, 15) is 0 Å². The molecule has 1 aliphatic rings. The maximum atomic E-state index is 5.22. The SMILES string of the molecule is COc1nccnc1NCCCN1CC=C(c2cccc3ccccc23)CC1. The second-order valence-electron chi connectivity index (χ2n) is 7.00. The van der Waals surface area contributed by atoms with Crippen LogP contribution in [0.1, 0.15) is 18.4 Å². The molecule has 3 aromatic rings. The summed E-state index contributed by atoms with van der Waals surface area (Å²) in [5.41, 5.74) is 2.85. The number of rotatable bonds is 7. The fourth-order valence-electron chi connectivity index (χ4n) is 3.77. The highest BCUT2D eigenvalue weighted by Gasteiger charge is 2.14. The Hall–Kier alpha value is -2.92. The van der Waals surface area contributed by atoms with Gasteiger partial charge in [0, 0.05) is 38.6 Å². The zero-order valence-electron chi connectivity index (χ0n) is 16.3. The topological polar surface area (TPSA) is 50.3 Å². The highest BCUT2D eigenvalue weighted by atomic mass is 16.5. The summed E-state index contributed by atoms with van der Waals surface area (Å²) >= 11 is 0. The molecule has 0 spiro atoms. The summed E-state index contributed by atoms with van der Waals surface area (Å²) in [6, 6.07) is 15.2. The summed E-state index contributed by atoms with van der Waals surface area (Å²) in [7, 11) is 1.61. The predicted octanol–water partition coefficient (Wildman–Crippen LogP) is 4.23. The summed E-state index contributed by atoms with van der Waals surface area (Å²) < 4.78 is 5.22. The minimum absolute atomic E-state index is 0.545. The van der Waals surface area contributed by atoms with Crippen LogP contribution in [0.15, 0.2) is 60.9 Å². The van der Waals surface area contributed by atoms with Gasteiger partial charge in [-0.15, -0.1) is 0 Å². The number of nitrogens with zero attached hydrogens (tertiary/aromatic N) is 3. The number of ether oxygens (including phenoxy) is 1. The summed E-state index contributed by atoms with van der Waals surface area (Å²) in [6.07, 6.45) is 7.85. The van der Waals surface area contributed by atoms with Gasteiger partial charge in [0.15, 0.2) is 5.82 Å². The van der Waals surface area contributed by atoms with Gasteiger partial charge in [-0.05, 0) is 34.8 Å². The second-order valence-corrected chi connectivity index (χ2v) is 7.00. The van der Waals surface area contributed by atoms with E-state index in [1.54, 1.807) is 19.5 Å². The molecule has 5 nitrogen and oxygen atoms in total. The van der Waals surface area contributed by atoms with Crippen molar-refractivity contribution in [1.82, 2.24) is 14.9 Å². The molecule has 0 radical (unpaired) electrons. The van der Waals surface area contributed by atoms with Crippen LogP contribution in [0.4, 0.5) is 5.82 Å². The molecule has 1 aromatic heterocycles. The first-order chi connectivity index (χ1) is 13.8. The molecule has 0 atom stereocenters. The normalized spacial score (nSPS) is 14.7. The van der Waals surface area contributed by atoms with E-state index in [-0.39, 0.29) is 0 Å². The zero-order chi connectivity index (χ0) is 19.2. The highest BCUT2D eigenvalue weighted by Crippen LogP contribution is 2.29. The lowest BCUT2D eigenvalue weighted by molar-refractivity contribution is 0.301. The predicted molar refractivity (Wildman–Crippen MR) is 115 cm³/mol. The zero-order valence-corrected chi connectivity index (χ0v) is 16.3. The molecule has 2 heterocycles. The van der Waals surface area contributed by atoms with Gasteiger partial charge in [-0.2, -0.15) is 0 Å². The van der Waals surface area contributed by atoms with Crippen LogP contribution in [-0.2, 0) is 0 Å². The Morgan fingerprint density at radius 3 is 2.79 bits per heavy atom. The fraction of sp³-hybridized carbons (Fsp3) is 0.304. The Kier molecular flexibility index (Phi) is 5.83. The molecule has 0 fully saturated rings. The molecule has 0 unspecified atom stereocenters. The van der Waals surface area contributed by atoms with Crippen molar-refractivity contribution in [2.75, 3.05) is 38.6 Å². The Bertz CT molecular complexity index is 964. The minimum atomic E-state index is 0.545. The van der Waals surface area contributed by atoms with Crippen molar-refractivity contribution in [2.45, 2.75) is 12.8 Å². The highest BCUT2D eigenvalue weighted by molar-refractivity contribution is 5.94. The number of hydrogen-bond donors (Lipinski definition) is 1. The first-order valence-corrected chi connectivity index (χ1v) is 9.83. The first-order valence-electron chi connectivity index (χ1n) is 9.83. The third-order valence-electron chi connectivity index (χ3n) is 5.23. The van der Waals surface area contributed by atoms with Crippen LogP contribution in [0, 0.1) is 0 Å². The first kappa shape index (κ1) is 18.4. The number of hydrogen-bond acceptors (Lipinski definition) is 5. The van der Waals surface area contributed by atoms with Gasteiger partial charge in [-0.1, -0.05) is 48.5 Å². The van der Waals surface area contributed by atoms with Crippen molar-refractivity contribution in [3.63, 3.8) is 0 Å². The number of nitrogens with one attached hydrogen (secondary N) is 1. The molecule has 28 heavy (non-hydrogen) atoms. The molecule has 5 heteroatoms. The molecule has 0 aliphatic carbocycles. The van der Waals surface area contributed by atoms with Gasteiger partial charge < -0.3 is 10.1 Å². The quantitative estimate of drug-likeness (QED) is 0.627. The van der Waals surface area contributed by atoms with Crippen LogP contribution in [-0.4, -0.2) is 48.2 Å². The smallest absolute Gasteiger partial charge is 0.257 e. The Labute approximate surface area is 166 Å². The number of methoxy groups -OCH3 is 1. The summed E-state index contributed by atoms with van der Waals surface area (Å²) in [5, 5.41) is 5.99. The summed E-state index contributed by atoms with van der Waals surface area (Å²) in [6.45, 7) is 4.02. The molecule has 0 saturated heterocycles. The van der Waals surface area contributed by atoms with Gasteiger partial charge in [-0.25, -0.2) is 9.97 Å². The van der Waals surface area contributed by atoms with Crippen LogP contribution < -0.4 is 10.1 Å². The van der Waals surface area contributed by atoms with Crippen molar-refractivity contribution in [1.29, 1.82) is 0 Å². The van der Waals surface area contributed by atoms with Crippen LogP contribution in [0.3, 0.4) is 0 Å². The van der Waals surface area contributed by atoms with E-state index in [0.29, 0.717) is 11.7 Å².